The van der Waals surface area contributed by atoms with Gasteiger partial charge in [0, 0.05) is 12.1 Å². The zero-order chi connectivity index (χ0) is 10.7. The molecular formula is C9H6F3NO. The summed E-state index contributed by atoms with van der Waals surface area (Å²) in [6, 6.07) is 2.47. The highest BCUT2D eigenvalue weighted by molar-refractivity contribution is 5.23. The number of hydrogen-bond acceptors (Lipinski definition) is 2. The highest BCUT2D eigenvalue weighted by Crippen LogP contribution is 2.23. The fraction of sp³-hybridized carbons (Fsp3) is 0.222. The first-order valence-corrected chi connectivity index (χ1v) is 3.75. The Hall–Kier alpha value is -1.54. The van der Waals surface area contributed by atoms with E-state index in [1.54, 1.807) is 6.07 Å². The minimum atomic E-state index is -1.57. The fourth-order valence-corrected chi connectivity index (χ4v) is 1.06. The van der Waals surface area contributed by atoms with Crippen molar-refractivity contribution in [3.8, 4) is 6.07 Å². The number of nitrogens with zero attached hydrogens (tertiary/aromatic N) is 1. The molecule has 0 aliphatic heterocycles. The predicted molar refractivity (Wildman–Crippen MR) is 41.5 cm³/mol. The zero-order valence-corrected chi connectivity index (χ0v) is 6.97. The van der Waals surface area contributed by atoms with Gasteiger partial charge in [0.25, 0.3) is 0 Å². The summed E-state index contributed by atoms with van der Waals surface area (Å²) >= 11 is 0. The van der Waals surface area contributed by atoms with Crippen molar-refractivity contribution >= 4 is 0 Å². The van der Waals surface area contributed by atoms with Gasteiger partial charge in [-0.05, 0) is 0 Å². The third-order valence-electron chi connectivity index (χ3n) is 1.66. The second-order valence-corrected chi connectivity index (χ2v) is 2.66. The monoisotopic (exact) mass is 201 g/mol. The van der Waals surface area contributed by atoms with E-state index in [9.17, 15) is 13.2 Å². The number of rotatable bonds is 2. The normalized spacial score (nSPS) is 12.2. The van der Waals surface area contributed by atoms with Crippen LogP contribution in [0.25, 0.3) is 0 Å². The van der Waals surface area contributed by atoms with Gasteiger partial charge in [0.1, 0.15) is 17.5 Å². The molecule has 1 aromatic carbocycles. The molecule has 5 heteroatoms. The van der Waals surface area contributed by atoms with Crippen LogP contribution in [0.5, 0.6) is 0 Å². The molecule has 1 aromatic rings. The summed E-state index contributed by atoms with van der Waals surface area (Å²) in [5, 5.41) is 17.4. The van der Waals surface area contributed by atoms with Gasteiger partial charge < -0.3 is 5.11 Å². The van der Waals surface area contributed by atoms with Crippen molar-refractivity contribution in [2.24, 2.45) is 0 Å². The average Bonchev–Trinajstić information content (AvgIpc) is 2.01. The number of aliphatic hydroxyl groups excluding tert-OH is 1. The molecule has 0 amide bonds. The van der Waals surface area contributed by atoms with Crippen molar-refractivity contribution in [1.82, 2.24) is 0 Å². The molecule has 2 nitrogen and oxygen atoms in total. The van der Waals surface area contributed by atoms with Crippen LogP contribution in [0.1, 0.15) is 18.1 Å². The van der Waals surface area contributed by atoms with E-state index in [1.165, 1.54) is 0 Å². The Morgan fingerprint density at radius 3 is 2.21 bits per heavy atom. The summed E-state index contributed by atoms with van der Waals surface area (Å²) in [4.78, 5) is 0. The molecule has 1 atom stereocenters. The summed E-state index contributed by atoms with van der Waals surface area (Å²) in [7, 11) is 0. The van der Waals surface area contributed by atoms with E-state index >= 15 is 0 Å². The summed E-state index contributed by atoms with van der Waals surface area (Å²) in [6.07, 6.45) is -2.01. The van der Waals surface area contributed by atoms with Crippen LogP contribution in [0.15, 0.2) is 12.1 Å². The van der Waals surface area contributed by atoms with Gasteiger partial charge in [-0.15, -0.1) is 0 Å². The first-order chi connectivity index (χ1) is 6.56. The molecule has 14 heavy (non-hydrogen) atoms. The average molecular weight is 201 g/mol. The largest absolute Gasteiger partial charge is 0.387 e. The lowest BCUT2D eigenvalue weighted by Gasteiger charge is -2.09. The van der Waals surface area contributed by atoms with Crippen LogP contribution in [-0.4, -0.2) is 5.11 Å². The Bertz CT molecular complexity index is 363. The third-order valence-corrected chi connectivity index (χ3v) is 1.66. The molecule has 0 saturated carbocycles. The van der Waals surface area contributed by atoms with Crippen LogP contribution in [0.2, 0.25) is 0 Å². The molecule has 74 valence electrons. The highest BCUT2D eigenvalue weighted by Gasteiger charge is 2.18. The second kappa shape index (κ2) is 4.11. The maximum absolute atomic E-state index is 12.9. The topological polar surface area (TPSA) is 44.0 Å². The molecule has 0 bridgehead atoms. The highest BCUT2D eigenvalue weighted by atomic mass is 19.1. The molecule has 0 heterocycles. The van der Waals surface area contributed by atoms with Gasteiger partial charge in [-0.3, -0.25) is 0 Å². The summed E-state index contributed by atoms with van der Waals surface area (Å²) in [5.74, 6) is -3.44. The molecule has 1 N–H and O–H groups in total. The van der Waals surface area contributed by atoms with Crippen molar-refractivity contribution in [3.63, 3.8) is 0 Å². The number of benzene rings is 1. The maximum atomic E-state index is 12.9. The Morgan fingerprint density at radius 2 is 1.79 bits per heavy atom. The van der Waals surface area contributed by atoms with Crippen LogP contribution in [0.4, 0.5) is 13.2 Å². The second-order valence-electron chi connectivity index (χ2n) is 2.66. The van der Waals surface area contributed by atoms with Gasteiger partial charge >= 0.3 is 0 Å². The van der Waals surface area contributed by atoms with Crippen molar-refractivity contribution < 1.29 is 18.3 Å². The minimum Gasteiger partial charge on any atom is -0.387 e. The molecule has 0 spiro atoms. The van der Waals surface area contributed by atoms with E-state index < -0.39 is 35.5 Å². The first-order valence-electron chi connectivity index (χ1n) is 3.75. The van der Waals surface area contributed by atoms with Crippen LogP contribution in [-0.2, 0) is 0 Å². The summed E-state index contributed by atoms with van der Waals surface area (Å²) in [6.45, 7) is 0. The van der Waals surface area contributed by atoms with Crippen molar-refractivity contribution in [2.45, 2.75) is 12.5 Å². The molecule has 0 saturated heterocycles. The van der Waals surface area contributed by atoms with Crippen LogP contribution in [0.3, 0.4) is 0 Å². The lowest BCUT2D eigenvalue weighted by molar-refractivity contribution is 0.173. The van der Waals surface area contributed by atoms with E-state index in [1.807, 2.05) is 0 Å². The molecule has 1 unspecified atom stereocenters. The fourth-order valence-electron chi connectivity index (χ4n) is 1.06. The molecule has 0 fully saturated rings. The molecule has 1 rings (SSSR count). The van der Waals surface area contributed by atoms with Crippen LogP contribution in [0, 0.1) is 28.8 Å². The standard InChI is InChI=1S/C9H6F3NO/c10-5-3-6(11)9(7(12)4-5)8(14)1-2-13/h3-4,8,14H,1H2. The van der Waals surface area contributed by atoms with E-state index in [2.05, 4.69) is 0 Å². The molecule has 0 radical (unpaired) electrons. The van der Waals surface area contributed by atoms with Crippen molar-refractivity contribution in [1.29, 1.82) is 5.26 Å². The maximum Gasteiger partial charge on any atom is 0.134 e. The lowest BCUT2D eigenvalue weighted by Crippen LogP contribution is -2.04. The number of hydrogen-bond donors (Lipinski definition) is 1. The van der Waals surface area contributed by atoms with E-state index in [4.69, 9.17) is 10.4 Å². The smallest absolute Gasteiger partial charge is 0.134 e. The third kappa shape index (κ3) is 2.03. The Labute approximate surface area is 78.2 Å². The van der Waals surface area contributed by atoms with Crippen molar-refractivity contribution in [2.75, 3.05) is 0 Å². The quantitative estimate of drug-likeness (QED) is 0.795. The van der Waals surface area contributed by atoms with Gasteiger partial charge in [0.05, 0.1) is 24.2 Å². The molecular weight excluding hydrogens is 195 g/mol. The Balaban J connectivity index is 3.15. The first kappa shape index (κ1) is 10.5. The SMILES string of the molecule is N#CCC(O)c1c(F)cc(F)cc1F. The van der Waals surface area contributed by atoms with E-state index in [0.29, 0.717) is 12.1 Å². The number of nitriles is 1. The number of aliphatic hydroxyl groups is 1. The number of halogens is 3. The van der Waals surface area contributed by atoms with E-state index in [0.717, 1.165) is 0 Å². The Morgan fingerprint density at radius 1 is 1.29 bits per heavy atom. The van der Waals surface area contributed by atoms with Gasteiger partial charge in [-0.1, -0.05) is 0 Å². The van der Waals surface area contributed by atoms with Crippen LogP contribution < -0.4 is 0 Å². The molecule has 0 aliphatic carbocycles. The minimum absolute atomic E-state index is 0.445. The Kier molecular flexibility index (Phi) is 3.10. The molecule has 0 aliphatic rings. The summed E-state index contributed by atoms with van der Waals surface area (Å²) in [5.41, 5.74) is -0.673. The molecule has 0 aromatic heterocycles. The predicted octanol–water partition coefficient (Wildman–Crippen LogP) is 2.05. The lowest BCUT2D eigenvalue weighted by atomic mass is 10.1. The zero-order valence-electron chi connectivity index (χ0n) is 6.97. The van der Waals surface area contributed by atoms with Gasteiger partial charge in [0.15, 0.2) is 0 Å². The van der Waals surface area contributed by atoms with Gasteiger partial charge in [-0.25, -0.2) is 13.2 Å². The summed E-state index contributed by atoms with van der Waals surface area (Å²) < 4.78 is 38.3. The van der Waals surface area contributed by atoms with Crippen molar-refractivity contribution in [3.05, 3.63) is 35.1 Å². The van der Waals surface area contributed by atoms with Crippen LogP contribution >= 0.6 is 0 Å². The van der Waals surface area contributed by atoms with Gasteiger partial charge in [0.2, 0.25) is 0 Å². The van der Waals surface area contributed by atoms with Gasteiger partial charge in [-0.2, -0.15) is 5.26 Å². The van der Waals surface area contributed by atoms with E-state index in [-0.39, 0.29) is 0 Å².